The molecule has 2 N–H and O–H groups in total. The monoisotopic (exact) mass is 600 g/mol. The summed E-state index contributed by atoms with van der Waals surface area (Å²) >= 11 is -19.1. The Morgan fingerprint density at radius 2 is 0.545 bits per heavy atom. The van der Waals surface area contributed by atoms with Gasteiger partial charge >= 0.3 is 195 Å². The fourth-order valence-corrected chi connectivity index (χ4v) is 0. The Labute approximate surface area is 192 Å². The molecular weight excluding hydrogens is 600 g/mol. The Morgan fingerprint density at radius 1 is 0.545 bits per heavy atom. The summed E-state index contributed by atoms with van der Waals surface area (Å²) in [4.78, 5) is 0. The van der Waals surface area contributed by atoms with Gasteiger partial charge in [-0.25, -0.2) is 0 Å². The summed E-state index contributed by atoms with van der Waals surface area (Å²) in [5.74, 6) is 0. The molecule has 22 heteroatoms. The summed E-state index contributed by atoms with van der Waals surface area (Å²) < 4.78 is 104. The van der Waals surface area contributed by atoms with Crippen molar-refractivity contribution in [2.24, 2.45) is 0 Å². The number of halogens is 4. The van der Waals surface area contributed by atoms with E-state index in [1.807, 2.05) is 0 Å². The quantitative estimate of drug-likeness (QED) is 0.247. The Bertz CT molecular complexity index is 490. The molecule has 0 bridgehead atoms. The Balaban J connectivity index is -0.0000000376. The van der Waals surface area contributed by atoms with E-state index >= 15 is 0 Å². The summed E-state index contributed by atoms with van der Waals surface area (Å²) in [7, 11) is 16.2. The van der Waals surface area contributed by atoms with Crippen molar-refractivity contribution in [1.29, 1.82) is 0 Å². The van der Waals surface area contributed by atoms with Crippen molar-refractivity contribution in [1.82, 2.24) is 0 Å². The van der Waals surface area contributed by atoms with Crippen LogP contribution in [0.15, 0.2) is 0 Å². The maximum absolute atomic E-state index is 9.01. The van der Waals surface area contributed by atoms with Gasteiger partial charge in [0.15, 0.2) is 0 Å². The topological polar surface area (TPSA) is 223 Å². The first kappa shape index (κ1) is 40.2. The molecule has 0 aliphatic heterocycles. The van der Waals surface area contributed by atoms with E-state index in [0.717, 1.165) is 0 Å². The molecule has 0 saturated heterocycles. The molecule has 22 heavy (non-hydrogen) atoms. The van der Waals surface area contributed by atoms with E-state index in [0.29, 0.717) is 0 Å². The van der Waals surface area contributed by atoms with Crippen LogP contribution in [0.3, 0.4) is 0 Å². The molecule has 0 rings (SSSR count). The van der Waals surface area contributed by atoms with Gasteiger partial charge in [-0.2, -0.15) is 0 Å². The van der Waals surface area contributed by atoms with E-state index in [9.17, 15) is 0 Å². The van der Waals surface area contributed by atoms with Crippen LogP contribution in [0.5, 0.6) is 0 Å². The molecule has 0 amide bonds. The summed E-state index contributed by atoms with van der Waals surface area (Å²) in [6.07, 6.45) is 0. The normalized spacial score (nSPS) is 10.5. The molecule has 0 aromatic heterocycles. The second kappa shape index (κ2) is 17.9. The van der Waals surface area contributed by atoms with Crippen molar-refractivity contribution in [2.45, 2.75) is 0 Å². The van der Waals surface area contributed by atoms with Gasteiger partial charge in [-0.05, 0) is 0 Å². The Hall–Kier alpha value is 3.48. The third kappa shape index (κ3) is 981. The van der Waals surface area contributed by atoms with E-state index in [2.05, 4.69) is 40.4 Å². The van der Waals surface area contributed by atoms with Gasteiger partial charge in [0.25, 0.3) is 0 Å². The molecule has 132 valence electrons. The molecule has 12 nitrogen and oxygen atoms in total. The predicted molar refractivity (Wildman–Crippen MR) is 33.3 cm³/mol. The van der Waals surface area contributed by atoms with Crippen molar-refractivity contribution in [2.75, 3.05) is 0 Å². The first-order valence-corrected chi connectivity index (χ1v) is 14.8. The standard InChI is InChI=1S/4ClH.4Mn.2Na.2H2O.10O/h4*1H;;;;;;;2*1H2;;;;;;;;;;/q;;;;2*+1;2*+2;2*+1;;;;;;;;;;;2*-1/p-6. The Morgan fingerprint density at radius 3 is 0.545 bits per heavy atom. The van der Waals surface area contributed by atoms with Crippen LogP contribution in [-0.4, -0.2) is 8.38 Å². The number of hydrogen-bond acceptors (Lipinski definition) is 10. The van der Waals surface area contributed by atoms with Crippen LogP contribution in [0.2, 0.25) is 0 Å². The van der Waals surface area contributed by atoms with E-state index in [1.165, 1.54) is 0 Å². The summed E-state index contributed by atoms with van der Waals surface area (Å²) in [5, 5.41) is 0. The summed E-state index contributed by atoms with van der Waals surface area (Å²) in [6, 6.07) is 0. The number of hydrogen-bond donors (Lipinski definition) is 2. The van der Waals surface area contributed by atoms with Crippen LogP contribution < -0.4 is 67.5 Å². The minimum atomic E-state index is -4.90. The second-order valence-corrected chi connectivity index (χ2v) is 12.0. The molecule has 0 fully saturated rings. The Kier molecular flexibility index (Phi) is 32.7. The van der Waals surface area contributed by atoms with Gasteiger partial charge < -0.3 is 0 Å². The first-order valence-electron chi connectivity index (χ1n) is 2.45. The van der Waals surface area contributed by atoms with E-state index in [4.69, 9.17) is 47.4 Å². The average molecular weight is 602 g/mol. The fourth-order valence-electron chi connectivity index (χ4n) is 0. The van der Waals surface area contributed by atoms with Crippen LogP contribution >= 0.6 is 40.4 Å². The van der Waals surface area contributed by atoms with Crippen LogP contribution in [0.25, 0.3) is 0 Å². The van der Waals surface area contributed by atoms with Crippen molar-refractivity contribution >= 4 is 40.4 Å². The van der Waals surface area contributed by atoms with Gasteiger partial charge in [0.2, 0.25) is 0 Å². The van der Waals surface area contributed by atoms with Gasteiger partial charge in [0.1, 0.15) is 0 Å². The average Bonchev–Trinajstić information content (AvgIpc) is 1.62. The fraction of sp³-hybridized carbons (Fsp3) is 0. The van der Waals surface area contributed by atoms with Gasteiger partial charge in [0.05, 0.1) is 0 Å². The molecular formula is H2Cl4Mn4Na2O12. The maximum atomic E-state index is 9.01. The third-order valence-electron chi connectivity index (χ3n) is 0. The summed E-state index contributed by atoms with van der Waals surface area (Å²) in [6.45, 7) is 0. The van der Waals surface area contributed by atoms with Gasteiger partial charge in [-0.3, -0.25) is 0 Å². The molecule has 0 atom stereocenters. The molecule has 0 spiro atoms. The van der Waals surface area contributed by atoms with Crippen molar-refractivity contribution in [3.8, 4) is 0 Å². The van der Waals surface area contributed by atoms with Crippen LogP contribution in [0.1, 0.15) is 0 Å². The molecule has 0 aliphatic rings. The van der Waals surface area contributed by atoms with Crippen molar-refractivity contribution in [3.63, 3.8) is 0 Å². The molecule has 0 heterocycles. The zero-order valence-electron chi connectivity index (χ0n) is 10.0. The minimum absolute atomic E-state index is 0. The van der Waals surface area contributed by atoms with Gasteiger partial charge in [-0.15, -0.1) is 0 Å². The first-order chi connectivity index (χ1) is 8.00. The van der Waals surface area contributed by atoms with E-state index < -0.39 is 48.5 Å². The molecule has 0 unspecified atom stereocenters. The molecule has 0 aromatic carbocycles. The molecule has 0 saturated carbocycles. The van der Waals surface area contributed by atoms with Crippen molar-refractivity contribution < 1.29 is 155 Å². The number of rotatable bonds is 0. The zero-order valence-corrected chi connectivity index (χ0v) is 21.7. The van der Waals surface area contributed by atoms with E-state index in [1.54, 1.807) is 0 Å². The second-order valence-electron chi connectivity index (χ2n) is 1.49. The van der Waals surface area contributed by atoms with Gasteiger partial charge in [0, 0.05) is 0 Å². The van der Waals surface area contributed by atoms with Crippen molar-refractivity contribution in [3.05, 3.63) is 0 Å². The zero-order chi connectivity index (χ0) is 18.0. The molecule has 0 aliphatic carbocycles. The predicted octanol–water partition coefficient (Wildman–Crippen LogP) is -7.69. The summed E-state index contributed by atoms with van der Waals surface area (Å²) in [5.41, 5.74) is 0. The van der Waals surface area contributed by atoms with Crippen LogP contribution in [0, 0.1) is 0 Å². The molecule has 0 aromatic rings. The van der Waals surface area contributed by atoms with Crippen LogP contribution in [0.4, 0.5) is 0 Å². The SMILES string of the molecule is [Na+].[Na+].[O]=[Mn](=[O])([O-])[Cl].[O]=[Mn](=[O])([O-])[Cl].[O]=[Mn](=[O])([OH])[Cl].[O]=[Mn](=[O])([OH])[Cl]. The van der Waals surface area contributed by atoms with Crippen LogP contribution in [-0.2, 0) is 79.2 Å². The van der Waals surface area contributed by atoms with Gasteiger partial charge in [-0.1, -0.05) is 0 Å². The third-order valence-corrected chi connectivity index (χ3v) is 0. The molecule has 0 radical (unpaired) electrons. The van der Waals surface area contributed by atoms with E-state index in [-0.39, 0.29) is 59.1 Å².